The van der Waals surface area contributed by atoms with E-state index in [4.69, 9.17) is 14.6 Å². The lowest BCUT2D eigenvalue weighted by atomic mass is 10.0. The molecule has 1 rings (SSSR count). The lowest BCUT2D eigenvalue weighted by molar-refractivity contribution is -0.137. The number of hydrogen-bond acceptors (Lipinski definition) is 4. The highest BCUT2D eigenvalue weighted by Gasteiger charge is 2.14. The molecule has 1 saturated heterocycles. The van der Waals surface area contributed by atoms with Gasteiger partial charge in [-0.15, -0.1) is 0 Å². The van der Waals surface area contributed by atoms with Gasteiger partial charge in [-0.3, -0.25) is 0 Å². The first-order valence-corrected chi connectivity index (χ1v) is 5.87. The number of nitrogens with one attached hydrogen (secondary N) is 1. The molecule has 0 radical (unpaired) electrons. The molecule has 0 amide bonds. The summed E-state index contributed by atoms with van der Waals surface area (Å²) >= 11 is 0. The van der Waals surface area contributed by atoms with Crippen LogP contribution in [0, 0.1) is 5.92 Å². The zero-order chi connectivity index (χ0) is 10.9. The molecular formula is C11H23NO3. The Morgan fingerprint density at radius 1 is 1.53 bits per heavy atom. The maximum atomic E-state index is 8.85. The molecule has 0 aromatic heterocycles. The Labute approximate surface area is 92.0 Å². The van der Waals surface area contributed by atoms with Crippen LogP contribution in [0.4, 0.5) is 0 Å². The van der Waals surface area contributed by atoms with E-state index in [0.717, 1.165) is 39.0 Å². The van der Waals surface area contributed by atoms with Gasteiger partial charge in [-0.2, -0.15) is 0 Å². The topological polar surface area (TPSA) is 50.7 Å². The third kappa shape index (κ3) is 5.47. The van der Waals surface area contributed by atoms with E-state index in [9.17, 15) is 0 Å². The fourth-order valence-corrected chi connectivity index (χ4v) is 1.74. The summed E-state index contributed by atoms with van der Waals surface area (Å²) in [6.45, 7) is 5.55. The van der Waals surface area contributed by atoms with Crippen molar-refractivity contribution in [2.45, 2.75) is 32.3 Å². The van der Waals surface area contributed by atoms with E-state index in [1.165, 1.54) is 0 Å². The van der Waals surface area contributed by atoms with E-state index >= 15 is 0 Å². The second-order valence-corrected chi connectivity index (χ2v) is 4.05. The summed E-state index contributed by atoms with van der Waals surface area (Å²) in [5.74, 6) is 0.579. The van der Waals surface area contributed by atoms with E-state index in [-0.39, 0.29) is 6.61 Å². The van der Waals surface area contributed by atoms with Gasteiger partial charge in [-0.05, 0) is 25.3 Å². The van der Waals surface area contributed by atoms with Crippen LogP contribution in [-0.4, -0.2) is 44.3 Å². The summed E-state index contributed by atoms with van der Waals surface area (Å²) in [4.78, 5) is 0. The fraction of sp³-hybridized carbons (Fsp3) is 1.00. The highest BCUT2D eigenvalue weighted by molar-refractivity contribution is 4.66. The summed E-state index contributed by atoms with van der Waals surface area (Å²) in [7, 11) is 0. The molecule has 0 aliphatic carbocycles. The minimum Gasteiger partial charge on any atom is -0.396 e. The second kappa shape index (κ2) is 8.05. The number of aliphatic hydroxyl groups is 1. The Morgan fingerprint density at radius 2 is 2.40 bits per heavy atom. The van der Waals surface area contributed by atoms with Gasteiger partial charge < -0.3 is 19.9 Å². The van der Waals surface area contributed by atoms with Crippen LogP contribution in [0.25, 0.3) is 0 Å². The number of rotatable bonds is 7. The van der Waals surface area contributed by atoms with Gasteiger partial charge in [0.15, 0.2) is 0 Å². The van der Waals surface area contributed by atoms with E-state index in [2.05, 4.69) is 12.2 Å². The third-order valence-electron chi connectivity index (χ3n) is 2.89. The van der Waals surface area contributed by atoms with Crippen LogP contribution in [0.2, 0.25) is 0 Å². The Balaban J connectivity index is 2.03. The molecule has 0 aromatic rings. The van der Waals surface area contributed by atoms with Crippen LogP contribution < -0.4 is 5.32 Å². The third-order valence-corrected chi connectivity index (χ3v) is 2.89. The van der Waals surface area contributed by atoms with Gasteiger partial charge in [-0.1, -0.05) is 13.3 Å². The van der Waals surface area contributed by atoms with Gasteiger partial charge in [0.2, 0.25) is 0 Å². The van der Waals surface area contributed by atoms with Gasteiger partial charge in [0.25, 0.3) is 0 Å². The molecule has 0 aromatic carbocycles. The summed E-state index contributed by atoms with van der Waals surface area (Å²) in [6, 6.07) is 0. The minimum absolute atomic E-state index is 0.286. The van der Waals surface area contributed by atoms with Crippen LogP contribution in [0.5, 0.6) is 0 Å². The Morgan fingerprint density at radius 3 is 3.00 bits per heavy atom. The summed E-state index contributed by atoms with van der Waals surface area (Å²) in [6.07, 6.45) is 3.27. The maximum Gasteiger partial charge on any atom is 0.147 e. The predicted octanol–water partition coefficient (Wildman–Crippen LogP) is 0.748. The van der Waals surface area contributed by atoms with E-state index in [1.807, 2.05) is 0 Å². The molecule has 15 heavy (non-hydrogen) atoms. The zero-order valence-corrected chi connectivity index (χ0v) is 9.58. The molecular weight excluding hydrogens is 194 g/mol. The van der Waals surface area contributed by atoms with Crippen molar-refractivity contribution >= 4 is 0 Å². The molecule has 4 heteroatoms. The van der Waals surface area contributed by atoms with E-state index < -0.39 is 0 Å². The van der Waals surface area contributed by atoms with Crippen LogP contribution in [0.15, 0.2) is 0 Å². The van der Waals surface area contributed by atoms with Crippen molar-refractivity contribution in [3.05, 3.63) is 0 Å². The molecule has 0 bridgehead atoms. The van der Waals surface area contributed by atoms with Crippen LogP contribution in [-0.2, 0) is 9.47 Å². The smallest absolute Gasteiger partial charge is 0.147 e. The van der Waals surface area contributed by atoms with Crippen molar-refractivity contribution in [2.75, 3.05) is 33.1 Å². The quantitative estimate of drug-likeness (QED) is 0.660. The SMILES string of the molecule is CCC(CCO)CNCC1CCOCO1. The molecule has 2 N–H and O–H groups in total. The second-order valence-electron chi connectivity index (χ2n) is 4.05. The first-order chi connectivity index (χ1) is 7.36. The Hall–Kier alpha value is -0.160. The molecule has 1 aliphatic rings. The van der Waals surface area contributed by atoms with Gasteiger partial charge in [0, 0.05) is 13.2 Å². The molecule has 0 saturated carbocycles. The molecule has 90 valence electrons. The fourth-order valence-electron chi connectivity index (χ4n) is 1.74. The van der Waals surface area contributed by atoms with Crippen molar-refractivity contribution < 1.29 is 14.6 Å². The molecule has 2 unspecified atom stereocenters. The largest absolute Gasteiger partial charge is 0.396 e. The van der Waals surface area contributed by atoms with E-state index in [1.54, 1.807) is 0 Å². The van der Waals surface area contributed by atoms with Gasteiger partial charge in [-0.25, -0.2) is 0 Å². The van der Waals surface area contributed by atoms with Crippen LogP contribution in [0.1, 0.15) is 26.2 Å². The highest BCUT2D eigenvalue weighted by Crippen LogP contribution is 2.07. The zero-order valence-electron chi connectivity index (χ0n) is 9.58. The first kappa shape index (κ1) is 12.9. The monoisotopic (exact) mass is 217 g/mol. The van der Waals surface area contributed by atoms with Crippen LogP contribution in [0.3, 0.4) is 0 Å². The Kier molecular flexibility index (Phi) is 6.92. The average Bonchev–Trinajstić information content (AvgIpc) is 2.29. The molecule has 1 heterocycles. The van der Waals surface area contributed by atoms with E-state index in [0.29, 0.717) is 18.8 Å². The molecule has 1 fully saturated rings. The van der Waals surface area contributed by atoms with Crippen molar-refractivity contribution in [2.24, 2.45) is 5.92 Å². The molecule has 0 spiro atoms. The number of aliphatic hydroxyl groups excluding tert-OH is 1. The highest BCUT2D eigenvalue weighted by atomic mass is 16.7. The van der Waals surface area contributed by atoms with Crippen molar-refractivity contribution in [3.8, 4) is 0 Å². The Bertz CT molecular complexity index is 144. The normalized spacial score (nSPS) is 24.0. The van der Waals surface area contributed by atoms with Gasteiger partial charge in [0.1, 0.15) is 6.79 Å². The molecule has 1 aliphatic heterocycles. The standard InChI is InChI=1S/C11H23NO3/c1-2-10(3-5-13)7-12-8-11-4-6-14-9-15-11/h10-13H,2-9H2,1H3. The minimum atomic E-state index is 0.286. The van der Waals surface area contributed by atoms with Crippen LogP contribution >= 0.6 is 0 Å². The number of ether oxygens (including phenoxy) is 2. The lowest BCUT2D eigenvalue weighted by Crippen LogP contribution is -2.36. The predicted molar refractivity (Wildman–Crippen MR) is 58.7 cm³/mol. The molecule has 2 atom stereocenters. The first-order valence-electron chi connectivity index (χ1n) is 5.87. The summed E-state index contributed by atoms with van der Waals surface area (Å²) in [5, 5.41) is 12.2. The lowest BCUT2D eigenvalue weighted by Gasteiger charge is -2.24. The average molecular weight is 217 g/mol. The summed E-state index contributed by atoms with van der Waals surface area (Å²) < 4.78 is 10.5. The summed E-state index contributed by atoms with van der Waals surface area (Å²) in [5.41, 5.74) is 0. The maximum absolute atomic E-state index is 8.85. The van der Waals surface area contributed by atoms with Gasteiger partial charge in [0.05, 0.1) is 12.7 Å². The van der Waals surface area contributed by atoms with Crippen molar-refractivity contribution in [3.63, 3.8) is 0 Å². The molecule has 4 nitrogen and oxygen atoms in total. The van der Waals surface area contributed by atoms with Gasteiger partial charge >= 0.3 is 0 Å². The number of hydrogen-bond donors (Lipinski definition) is 2. The van der Waals surface area contributed by atoms with Crippen molar-refractivity contribution in [1.29, 1.82) is 0 Å². The van der Waals surface area contributed by atoms with Crippen molar-refractivity contribution in [1.82, 2.24) is 5.32 Å².